The van der Waals surface area contributed by atoms with Crippen molar-refractivity contribution in [3.63, 3.8) is 0 Å². The maximum Gasteiger partial charge on any atom is 0.311 e. The number of anilines is 1. The number of rotatable bonds is 5. The molecule has 1 aromatic rings. The minimum absolute atomic E-state index is 0.137. The lowest BCUT2D eigenvalue weighted by molar-refractivity contribution is -0.384. The van der Waals surface area contributed by atoms with Crippen LogP contribution in [0.1, 0.15) is 32.6 Å². The second-order valence-electron chi connectivity index (χ2n) is 5.77. The number of carboxylic acids is 1. The van der Waals surface area contributed by atoms with Crippen molar-refractivity contribution in [2.24, 2.45) is 11.3 Å². The molecule has 7 heteroatoms. The van der Waals surface area contributed by atoms with Gasteiger partial charge >= 0.3 is 11.7 Å². The third-order valence-electron chi connectivity index (χ3n) is 4.30. The number of nitro groups is 1. The Hall–Kier alpha value is -2.18. The third kappa shape index (κ3) is 3.29. The Kier molecular flexibility index (Phi) is 4.40. The third-order valence-corrected chi connectivity index (χ3v) is 4.30. The number of aliphatic carboxylic acids is 1. The van der Waals surface area contributed by atoms with Gasteiger partial charge in [0.1, 0.15) is 11.9 Å². The lowest BCUT2D eigenvalue weighted by Gasteiger charge is -2.36. The predicted molar refractivity (Wildman–Crippen MR) is 77.1 cm³/mol. The lowest BCUT2D eigenvalue weighted by atomic mass is 9.71. The Morgan fingerprint density at radius 1 is 1.57 bits per heavy atom. The van der Waals surface area contributed by atoms with E-state index in [2.05, 4.69) is 17.2 Å². The second kappa shape index (κ2) is 6.07. The highest BCUT2D eigenvalue weighted by atomic mass is 16.6. The average Bonchev–Trinajstić information content (AvgIpc) is 2.47. The number of aromatic nitrogens is 1. The van der Waals surface area contributed by atoms with Crippen molar-refractivity contribution in [3.8, 4) is 0 Å². The van der Waals surface area contributed by atoms with Gasteiger partial charge in [-0.15, -0.1) is 0 Å². The van der Waals surface area contributed by atoms with Crippen molar-refractivity contribution in [1.29, 1.82) is 0 Å². The molecule has 0 bridgehead atoms. The first-order valence-corrected chi connectivity index (χ1v) is 7.00. The van der Waals surface area contributed by atoms with Gasteiger partial charge in [0.05, 0.1) is 10.3 Å². The van der Waals surface area contributed by atoms with E-state index in [1.165, 1.54) is 18.5 Å². The fourth-order valence-corrected chi connectivity index (χ4v) is 2.73. The summed E-state index contributed by atoms with van der Waals surface area (Å²) in [4.78, 5) is 25.8. The van der Waals surface area contributed by atoms with Gasteiger partial charge in [-0.05, 0) is 37.7 Å². The predicted octanol–water partition coefficient (Wildman–Crippen LogP) is 2.68. The van der Waals surface area contributed by atoms with E-state index in [9.17, 15) is 20.0 Å². The molecule has 1 saturated carbocycles. The van der Waals surface area contributed by atoms with Crippen molar-refractivity contribution in [3.05, 3.63) is 28.6 Å². The monoisotopic (exact) mass is 293 g/mol. The molecular weight excluding hydrogens is 274 g/mol. The molecule has 0 saturated heterocycles. The Morgan fingerprint density at radius 3 is 2.81 bits per heavy atom. The zero-order valence-corrected chi connectivity index (χ0v) is 11.9. The van der Waals surface area contributed by atoms with Crippen LogP contribution in [-0.2, 0) is 4.79 Å². The zero-order chi connectivity index (χ0) is 15.5. The van der Waals surface area contributed by atoms with E-state index in [1.54, 1.807) is 0 Å². The van der Waals surface area contributed by atoms with Crippen LogP contribution in [0.5, 0.6) is 0 Å². The molecular formula is C14H19N3O4. The summed E-state index contributed by atoms with van der Waals surface area (Å²) in [5.74, 6) is -0.300. The first-order valence-electron chi connectivity index (χ1n) is 7.00. The van der Waals surface area contributed by atoms with Crippen LogP contribution >= 0.6 is 0 Å². The smallest absolute Gasteiger partial charge is 0.311 e. The Bertz CT molecular complexity index is 539. The van der Waals surface area contributed by atoms with E-state index in [-0.39, 0.29) is 12.2 Å². The van der Waals surface area contributed by atoms with Gasteiger partial charge < -0.3 is 10.4 Å². The number of nitrogens with zero attached hydrogens (tertiary/aromatic N) is 2. The molecule has 1 aliphatic rings. The largest absolute Gasteiger partial charge is 0.481 e. The molecule has 1 aromatic heterocycles. The van der Waals surface area contributed by atoms with E-state index in [1.807, 2.05) is 0 Å². The van der Waals surface area contributed by atoms with Crippen LogP contribution in [0.15, 0.2) is 18.5 Å². The van der Waals surface area contributed by atoms with Gasteiger partial charge in [-0.2, -0.15) is 0 Å². The topological polar surface area (TPSA) is 105 Å². The van der Waals surface area contributed by atoms with Gasteiger partial charge in [-0.1, -0.05) is 6.92 Å². The maximum absolute atomic E-state index is 11.6. The summed E-state index contributed by atoms with van der Waals surface area (Å²) in [5, 5.41) is 23.4. The molecule has 2 N–H and O–H groups in total. The fourth-order valence-electron chi connectivity index (χ4n) is 2.73. The molecule has 0 unspecified atom stereocenters. The molecule has 0 spiro atoms. The van der Waals surface area contributed by atoms with Crippen LogP contribution in [0.2, 0.25) is 0 Å². The molecule has 21 heavy (non-hydrogen) atoms. The van der Waals surface area contributed by atoms with Crippen molar-refractivity contribution >= 4 is 17.3 Å². The molecule has 0 atom stereocenters. The van der Waals surface area contributed by atoms with Gasteiger partial charge in [0.2, 0.25) is 0 Å². The van der Waals surface area contributed by atoms with Crippen LogP contribution in [0.3, 0.4) is 0 Å². The summed E-state index contributed by atoms with van der Waals surface area (Å²) in [6.45, 7) is 2.31. The van der Waals surface area contributed by atoms with E-state index < -0.39 is 16.3 Å². The van der Waals surface area contributed by atoms with Gasteiger partial charge in [-0.3, -0.25) is 19.9 Å². The Morgan fingerprint density at radius 2 is 2.24 bits per heavy atom. The van der Waals surface area contributed by atoms with Gasteiger partial charge in [0.15, 0.2) is 0 Å². The summed E-state index contributed by atoms with van der Waals surface area (Å²) in [5.41, 5.74) is -0.666. The van der Waals surface area contributed by atoms with E-state index in [0.717, 1.165) is 12.8 Å². The van der Waals surface area contributed by atoms with Crippen LogP contribution < -0.4 is 5.32 Å². The first kappa shape index (κ1) is 15.2. The Balaban J connectivity index is 2.13. The van der Waals surface area contributed by atoms with Crippen LogP contribution in [0.4, 0.5) is 11.4 Å². The minimum Gasteiger partial charge on any atom is -0.481 e. The number of carbonyl (C=O) groups is 1. The summed E-state index contributed by atoms with van der Waals surface area (Å²) in [6, 6.07) is 1.50. The molecule has 0 aliphatic heterocycles. The molecule has 0 radical (unpaired) electrons. The second-order valence-corrected chi connectivity index (χ2v) is 5.77. The molecule has 1 heterocycles. The Labute approximate surface area is 122 Å². The SMILES string of the molecule is CC1CCC(CNc2ccncc2[N+](=O)[O-])(C(=O)O)CC1. The van der Waals surface area contributed by atoms with Gasteiger partial charge in [0.25, 0.3) is 0 Å². The van der Waals surface area contributed by atoms with Gasteiger partial charge in [-0.25, -0.2) is 0 Å². The van der Waals surface area contributed by atoms with Crippen molar-refractivity contribution in [1.82, 2.24) is 4.98 Å². The molecule has 7 nitrogen and oxygen atoms in total. The first-order chi connectivity index (χ1) is 9.94. The van der Waals surface area contributed by atoms with Gasteiger partial charge in [0, 0.05) is 12.7 Å². The highest BCUT2D eigenvalue weighted by Crippen LogP contribution is 2.39. The zero-order valence-electron chi connectivity index (χ0n) is 11.9. The van der Waals surface area contributed by atoms with E-state index in [0.29, 0.717) is 24.4 Å². The number of pyridine rings is 1. The molecule has 0 amide bonds. The fraction of sp³-hybridized carbons (Fsp3) is 0.571. The standard InChI is InChI=1S/C14H19N3O4/c1-10-2-5-14(6-3-10,13(18)19)9-16-11-4-7-15-8-12(11)17(20)21/h4,7-8,10H,2-3,5-6,9H2,1H3,(H,15,16)(H,18,19). The number of hydrogen-bond donors (Lipinski definition) is 2. The molecule has 1 aliphatic carbocycles. The van der Waals surface area contributed by atoms with Crippen molar-refractivity contribution in [2.45, 2.75) is 32.6 Å². The highest BCUT2D eigenvalue weighted by molar-refractivity contribution is 5.76. The highest BCUT2D eigenvalue weighted by Gasteiger charge is 2.41. The summed E-state index contributed by atoms with van der Waals surface area (Å²) >= 11 is 0. The van der Waals surface area contributed by atoms with Crippen molar-refractivity contribution in [2.75, 3.05) is 11.9 Å². The molecule has 1 fully saturated rings. The lowest BCUT2D eigenvalue weighted by Crippen LogP contribution is -2.41. The summed E-state index contributed by atoms with van der Waals surface area (Å²) in [7, 11) is 0. The molecule has 114 valence electrons. The quantitative estimate of drug-likeness (QED) is 0.638. The maximum atomic E-state index is 11.6. The number of nitrogens with one attached hydrogen (secondary N) is 1. The number of hydrogen-bond acceptors (Lipinski definition) is 5. The van der Waals surface area contributed by atoms with Crippen molar-refractivity contribution < 1.29 is 14.8 Å². The molecule has 2 rings (SSSR count). The normalized spacial score (nSPS) is 25.3. The summed E-state index contributed by atoms with van der Waals surface area (Å²) < 4.78 is 0. The molecule has 0 aromatic carbocycles. The summed E-state index contributed by atoms with van der Waals surface area (Å²) in [6.07, 6.45) is 5.54. The minimum atomic E-state index is -0.844. The van der Waals surface area contributed by atoms with Crippen LogP contribution in [-0.4, -0.2) is 27.5 Å². The average molecular weight is 293 g/mol. The number of carboxylic acid groups (broad SMARTS) is 1. The van der Waals surface area contributed by atoms with E-state index >= 15 is 0 Å². The van der Waals surface area contributed by atoms with Crippen LogP contribution in [0, 0.1) is 21.4 Å². The van der Waals surface area contributed by atoms with E-state index in [4.69, 9.17) is 0 Å². The van der Waals surface area contributed by atoms with Crippen LogP contribution in [0.25, 0.3) is 0 Å².